The Morgan fingerprint density at radius 3 is 2.79 bits per heavy atom. The van der Waals surface area contributed by atoms with Crippen LogP contribution in [0.4, 0.5) is 5.69 Å². The molecule has 4 nitrogen and oxygen atoms in total. The van der Waals surface area contributed by atoms with Crippen molar-refractivity contribution in [3.05, 3.63) is 28.2 Å². The molecular formula is C14H18BrNO3. The minimum atomic E-state index is -0.952. The fourth-order valence-corrected chi connectivity index (χ4v) is 3.21. The van der Waals surface area contributed by atoms with Gasteiger partial charge >= 0.3 is 5.97 Å². The van der Waals surface area contributed by atoms with E-state index in [-0.39, 0.29) is 24.1 Å². The topological polar surface area (TPSA) is 69.6 Å². The second-order valence-corrected chi connectivity index (χ2v) is 5.80. The number of carboxylic acid groups (broad SMARTS) is 1. The zero-order chi connectivity index (χ0) is 13.8. The van der Waals surface area contributed by atoms with Crippen molar-refractivity contribution in [2.45, 2.75) is 31.7 Å². The van der Waals surface area contributed by atoms with Crippen LogP contribution in [0.25, 0.3) is 0 Å². The van der Waals surface area contributed by atoms with Gasteiger partial charge in [0.2, 0.25) is 0 Å². The van der Waals surface area contributed by atoms with Crippen LogP contribution in [0.15, 0.2) is 22.7 Å². The first kappa shape index (κ1) is 14.3. The lowest BCUT2D eigenvalue weighted by molar-refractivity contribution is 0.0697. The van der Waals surface area contributed by atoms with E-state index in [0.717, 1.165) is 25.7 Å². The summed E-state index contributed by atoms with van der Waals surface area (Å²) >= 11 is 3.27. The largest absolute Gasteiger partial charge is 0.478 e. The zero-order valence-electron chi connectivity index (χ0n) is 10.6. The molecule has 0 radical (unpaired) electrons. The number of benzene rings is 1. The van der Waals surface area contributed by atoms with Crippen LogP contribution < -0.4 is 5.32 Å². The van der Waals surface area contributed by atoms with Crippen molar-refractivity contribution in [3.63, 3.8) is 0 Å². The van der Waals surface area contributed by atoms with E-state index in [4.69, 9.17) is 0 Å². The van der Waals surface area contributed by atoms with E-state index in [2.05, 4.69) is 21.2 Å². The number of aliphatic hydroxyl groups excluding tert-OH is 1. The molecule has 1 aliphatic carbocycles. The molecule has 104 valence electrons. The summed E-state index contributed by atoms with van der Waals surface area (Å²) < 4.78 is 0.571. The van der Waals surface area contributed by atoms with Crippen LogP contribution in [0, 0.1) is 5.92 Å². The van der Waals surface area contributed by atoms with Crippen molar-refractivity contribution in [2.24, 2.45) is 5.92 Å². The molecule has 1 fully saturated rings. The Morgan fingerprint density at radius 1 is 1.37 bits per heavy atom. The molecule has 0 bridgehead atoms. The van der Waals surface area contributed by atoms with Gasteiger partial charge in [0.05, 0.1) is 11.3 Å². The Hall–Kier alpha value is -1.07. The lowest BCUT2D eigenvalue weighted by atomic mass is 9.85. The number of aliphatic hydroxyl groups is 1. The maximum absolute atomic E-state index is 11.3. The third-order valence-electron chi connectivity index (χ3n) is 3.71. The summed E-state index contributed by atoms with van der Waals surface area (Å²) in [7, 11) is 0. The van der Waals surface area contributed by atoms with Crippen LogP contribution >= 0.6 is 15.9 Å². The number of hydrogen-bond donors (Lipinski definition) is 3. The summed E-state index contributed by atoms with van der Waals surface area (Å²) in [6.45, 7) is 0.147. The summed E-state index contributed by atoms with van der Waals surface area (Å²) in [5.74, 6) is -0.749. The number of aromatic carboxylic acids is 1. The lowest BCUT2D eigenvalue weighted by Crippen LogP contribution is -2.34. The first-order valence-electron chi connectivity index (χ1n) is 6.52. The summed E-state index contributed by atoms with van der Waals surface area (Å²) in [6.07, 6.45) is 4.21. The number of halogens is 1. The normalized spacial score (nSPS) is 23.1. The fraction of sp³-hybridized carbons (Fsp3) is 0.500. The van der Waals surface area contributed by atoms with Crippen LogP contribution in [0.2, 0.25) is 0 Å². The zero-order valence-corrected chi connectivity index (χ0v) is 12.2. The Balaban J connectivity index is 2.22. The van der Waals surface area contributed by atoms with E-state index in [1.165, 1.54) is 0 Å². The van der Waals surface area contributed by atoms with Gasteiger partial charge in [0, 0.05) is 23.0 Å². The molecule has 0 aromatic heterocycles. The van der Waals surface area contributed by atoms with Crippen molar-refractivity contribution in [1.82, 2.24) is 0 Å². The van der Waals surface area contributed by atoms with Gasteiger partial charge in [-0.1, -0.05) is 18.9 Å². The first-order chi connectivity index (χ1) is 9.13. The third kappa shape index (κ3) is 3.28. The number of carbonyl (C=O) groups is 1. The molecule has 0 aliphatic heterocycles. The van der Waals surface area contributed by atoms with Gasteiger partial charge in [-0.3, -0.25) is 0 Å². The quantitative estimate of drug-likeness (QED) is 0.794. The summed E-state index contributed by atoms with van der Waals surface area (Å²) in [5.41, 5.74) is 0.872. The van der Waals surface area contributed by atoms with Crippen molar-refractivity contribution in [2.75, 3.05) is 11.9 Å². The average molecular weight is 328 g/mol. The number of rotatable bonds is 4. The predicted molar refractivity (Wildman–Crippen MR) is 77.6 cm³/mol. The van der Waals surface area contributed by atoms with Gasteiger partial charge in [0.15, 0.2) is 0 Å². The summed E-state index contributed by atoms with van der Waals surface area (Å²) in [6, 6.07) is 5.46. The van der Waals surface area contributed by atoms with Crippen LogP contribution in [0.1, 0.15) is 36.0 Å². The second-order valence-electron chi connectivity index (χ2n) is 4.95. The molecule has 0 amide bonds. The smallest absolute Gasteiger partial charge is 0.338 e. The third-order valence-corrected chi connectivity index (χ3v) is 4.37. The molecule has 0 saturated heterocycles. The van der Waals surface area contributed by atoms with E-state index in [9.17, 15) is 15.0 Å². The van der Waals surface area contributed by atoms with Gasteiger partial charge in [-0.15, -0.1) is 0 Å². The Morgan fingerprint density at radius 2 is 2.11 bits per heavy atom. The van der Waals surface area contributed by atoms with E-state index in [1.54, 1.807) is 12.1 Å². The van der Waals surface area contributed by atoms with Crippen molar-refractivity contribution in [1.29, 1.82) is 0 Å². The molecule has 19 heavy (non-hydrogen) atoms. The molecule has 2 atom stereocenters. The Bertz CT molecular complexity index is 464. The van der Waals surface area contributed by atoms with E-state index < -0.39 is 5.97 Å². The highest BCUT2D eigenvalue weighted by Gasteiger charge is 2.26. The molecule has 1 aliphatic rings. The van der Waals surface area contributed by atoms with Gasteiger partial charge in [-0.2, -0.15) is 0 Å². The van der Waals surface area contributed by atoms with Crippen LogP contribution in [0.5, 0.6) is 0 Å². The second kappa shape index (κ2) is 6.39. The van der Waals surface area contributed by atoms with Crippen molar-refractivity contribution >= 4 is 27.6 Å². The molecule has 5 heteroatoms. The molecule has 2 rings (SSSR count). The van der Waals surface area contributed by atoms with Crippen molar-refractivity contribution < 1.29 is 15.0 Å². The minimum Gasteiger partial charge on any atom is -0.478 e. The monoisotopic (exact) mass is 327 g/mol. The molecular weight excluding hydrogens is 310 g/mol. The van der Waals surface area contributed by atoms with Gasteiger partial charge in [0.1, 0.15) is 0 Å². The van der Waals surface area contributed by atoms with Gasteiger partial charge in [0.25, 0.3) is 0 Å². The highest BCUT2D eigenvalue weighted by molar-refractivity contribution is 9.10. The summed E-state index contributed by atoms with van der Waals surface area (Å²) in [4.78, 5) is 11.3. The van der Waals surface area contributed by atoms with Crippen LogP contribution in [-0.4, -0.2) is 28.8 Å². The maximum Gasteiger partial charge on any atom is 0.338 e. The fourth-order valence-electron chi connectivity index (χ4n) is 2.68. The van der Waals surface area contributed by atoms with E-state index >= 15 is 0 Å². The van der Waals surface area contributed by atoms with E-state index in [0.29, 0.717) is 10.2 Å². The van der Waals surface area contributed by atoms with E-state index in [1.807, 2.05) is 6.07 Å². The number of nitrogens with one attached hydrogen (secondary N) is 1. The first-order valence-corrected chi connectivity index (χ1v) is 7.32. The van der Waals surface area contributed by atoms with Crippen molar-refractivity contribution in [3.8, 4) is 0 Å². The predicted octanol–water partition coefficient (Wildman–Crippen LogP) is 3.11. The average Bonchev–Trinajstić information content (AvgIpc) is 2.39. The standard InChI is InChI=1S/C14H18BrNO3/c15-10-5-3-7-12(13(10)14(18)19)16-11-6-2-1-4-9(11)8-17/h3,5,7,9,11,16-17H,1-2,4,6,8H2,(H,18,19). The Kier molecular flexibility index (Phi) is 4.82. The molecule has 2 unspecified atom stereocenters. The molecule has 0 heterocycles. The van der Waals surface area contributed by atoms with Gasteiger partial charge < -0.3 is 15.5 Å². The highest BCUT2D eigenvalue weighted by atomic mass is 79.9. The van der Waals surface area contributed by atoms with Gasteiger partial charge in [-0.25, -0.2) is 4.79 Å². The van der Waals surface area contributed by atoms with Gasteiger partial charge in [-0.05, 0) is 40.9 Å². The maximum atomic E-state index is 11.3. The minimum absolute atomic E-state index is 0.145. The molecule has 1 saturated carbocycles. The summed E-state index contributed by atoms with van der Waals surface area (Å²) in [5, 5.41) is 22.0. The van der Waals surface area contributed by atoms with Crippen LogP contribution in [0.3, 0.4) is 0 Å². The lowest BCUT2D eigenvalue weighted by Gasteiger charge is -2.32. The van der Waals surface area contributed by atoms with Crippen LogP contribution in [-0.2, 0) is 0 Å². The number of anilines is 1. The Labute approximate surface area is 121 Å². The molecule has 0 spiro atoms. The molecule has 3 N–H and O–H groups in total. The highest BCUT2D eigenvalue weighted by Crippen LogP contribution is 2.30. The molecule has 1 aromatic carbocycles. The SMILES string of the molecule is O=C(O)c1c(Br)cccc1NC1CCCCC1CO. The number of hydrogen-bond acceptors (Lipinski definition) is 3. The molecule has 1 aromatic rings. The number of carboxylic acids is 1.